The topological polar surface area (TPSA) is 95.5 Å². The van der Waals surface area contributed by atoms with Crippen molar-refractivity contribution in [2.75, 3.05) is 11.9 Å². The number of anilines is 1. The lowest BCUT2D eigenvalue weighted by Crippen LogP contribution is -2.40. The van der Waals surface area contributed by atoms with Gasteiger partial charge in [-0.2, -0.15) is 0 Å². The minimum Gasteiger partial charge on any atom is -0.389 e. The summed E-state index contributed by atoms with van der Waals surface area (Å²) in [4.78, 5) is 11.7. The number of carbonyl (C=O) groups excluding carboxylic acids is 1. The first-order chi connectivity index (χ1) is 9.66. The summed E-state index contributed by atoms with van der Waals surface area (Å²) < 4.78 is 26.9. The molecule has 6 nitrogen and oxygen atoms in total. The molecule has 7 heteroatoms. The molecule has 1 aliphatic rings. The van der Waals surface area contributed by atoms with Crippen LogP contribution < -0.4 is 10.0 Å². The minimum atomic E-state index is -3.72. The van der Waals surface area contributed by atoms with Crippen molar-refractivity contribution < 1.29 is 18.3 Å². The molecule has 116 valence electrons. The van der Waals surface area contributed by atoms with Gasteiger partial charge >= 0.3 is 0 Å². The summed E-state index contributed by atoms with van der Waals surface area (Å²) in [6.45, 7) is 5.02. The third-order valence-electron chi connectivity index (χ3n) is 3.86. The zero-order valence-corrected chi connectivity index (χ0v) is 13.1. The fourth-order valence-corrected chi connectivity index (χ4v) is 3.22. The van der Waals surface area contributed by atoms with E-state index in [1.807, 2.05) is 0 Å². The van der Waals surface area contributed by atoms with Crippen molar-refractivity contribution in [2.45, 2.75) is 43.6 Å². The van der Waals surface area contributed by atoms with Gasteiger partial charge in [-0.15, -0.1) is 0 Å². The van der Waals surface area contributed by atoms with E-state index in [0.29, 0.717) is 17.7 Å². The highest BCUT2D eigenvalue weighted by atomic mass is 32.2. The quantitative estimate of drug-likeness (QED) is 0.761. The van der Waals surface area contributed by atoms with Crippen LogP contribution in [0.25, 0.3) is 0 Å². The van der Waals surface area contributed by atoms with Gasteiger partial charge in [0.25, 0.3) is 0 Å². The van der Waals surface area contributed by atoms with Crippen LogP contribution in [0.15, 0.2) is 23.1 Å². The summed E-state index contributed by atoms with van der Waals surface area (Å²) >= 11 is 0. The van der Waals surface area contributed by atoms with Crippen molar-refractivity contribution in [2.24, 2.45) is 0 Å². The number of hydrogen-bond acceptors (Lipinski definition) is 4. The molecule has 1 aromatic carbocycles. The number of rotatable bonds is 5. The zero-order chi connectivity index (χ0) is 15.8. The molecule has 1 aliphatic heterocycles. The summed E-state index contributed by atoms with van der Waals surface area (Å²) in [5.41, 5.74) is 0.228. The molecular weight excluding hydrogens is 292 g/mol. The largest absolute Gasteiger partial charge is 0.389 e. The first-order valence-corrected chi connectivity index (χ1v) is 8.31. The smallest absolute Gasteiger partial charge is 0.240 e. The van der Waals surface area contributed by atoms with Crippen molar-refractivity contribution in [3.63, 3.8) is 0 Å². The van der Waals surface area contributed by atoms with Crippen molar-refractivity contribution in [1.29, 1.82) is 0 Å². The standard InChI is InChI=1S/C14H20N2O4S/c1-4-14(3,18)8-15-21(19,20)10-5-6-12-11(7-10)9(2)13(17)16-12/h5-7,9,15,18H,4,8H2,1-3H3,(H,16,17). The van der Waals surface area contributed by atoms with Gasteiger partial charge in [0.15, 0.2) is 0 Å². The number of aliphatic hydroxyl groups is 1. The number of hydrogen-bond donors (Lipinski definition) is 3. The van der Waals surface area contributed by atoms with Crippen LogP contribution >= 0.6 is 0 Å². The Hall–Kier alpha value is -1.44. The Balaban J connectivity index is 2.25. The molecule has 2 rings (SSSR count). The van der Waals surface area contributed by atoms with Crippen LogP contribution in [0.1, 0.15) is 38.7 Å². The number of benzene rings is 1. The average molecular weight is 312 g/mol. The van der Waals surface area contributed by atoms with Gasteiger partial charge in [0.1, 0.15) is 0 Å². The summed E-state index contributed by atoms with van der Waals surface area (Å²) in [6.07, 6.45) is 0.440. The Kier molecular flexibility index (Phi) is 4.10. The molecule has 2 unspecified atom stereocenters. The second-order valence-electron chi connectivity index (χ2n) is 5.64. The molecule has 1 aromatic rings. The van der Waals surface area contributed by atoms with Crippen LogP contribution in [0.4, 0.5) is 5.69 Å². The fraction of sp³-hybridized carbons (Fsp3) is 0.500. The summed E-state index contributed by atoms with van der Waals surface area (Å²) in [7, 11) is -3.72. The molecular formula is C14H20N2O4S. The summed E-state index contributed by atoms with van der Waals surface area (Å²) in [5.74, 6) is -0.504. The minimum absolute atomic E-state index is 0.0599. The second-order valence-corrected chi connectivity index (χ2v) is 7.40. The molecule has 2 atom stereocenters. The predicted molar refractivity (Wildman–Crippen MR) is 79.6 cm³/mol. The Morgan fingerprint density at radius 1 is 1.43 bits per heavy atom. The summed E-state index contributed by atoms with van der Waals surface area (Å²) in [5, 5.41) is 12.6. The molecule has 0 fully saturated rings. The number of amides is 1. The van der Waals surface area contributed by atoms with Gasteiger partial charge in [0.05, 0.1) is 16.4 Å². The molecule has 0 aromatic heterocycles. The van der Waals surface area contributed by atoms with Gasteiger partial charge in [0, 0.05) is 12.2 Å². The van der Waals surface area contributed by atoms with E-state index in [2.05, 4.69) is 10.0 Å². The van der Waals surface area contributed by atoms with E-state index in [1.54, 1.807) is 26.8 Å². The molecule has 21 heavy (non-hydrogen) atoms. The Morgan fingerprint density at radius 3 is 2.71 bits per heavy atom. The molecule has 1 heterocycles. The van der Waals surface area contributed by atoms with E-state index in [-0.39, 0.29) is 23.3 Å². The Morgan fingerprint density at radius 2 is 2.10 bits per heavy atom. The zero-order valence-electron chi connectivity index (χ0n) is 12.3. The Labute approximate surface area is 124 Å². The molecule has 0 spiro atoms. The highest BCUT2D eigenvalue weighted by Crippen LogP contribution is 2.33. The molecule has 0 bridgehead atoms. The van der Waals surface area contributed by atoms with Gasteiger partial charge in [-0.25, -0.2) is 13.1 Å². The monoisotopic (exact) mass is 312 g/mol. The third kappa shape index (κ3) is 3.25. The van der Waals surface area contributed by atoms with E-state index in [4.69, 9.17) is 0 Å². The maximum Gasteiger partial charge on any atom is 0.240 e. The number of sulfonamides is 1. The van der Waals surface area contributed by atoms with Crippen molar-refractivity contribution >= 4 is 21.6 Å². The van der Waals surface area contributed by atoms with Crippen LogP contribution in [-0.4, -0.2) is 31.6 Å². The van der Waals surface area contributed by atoms with E-state index < -0.39 is 15.6 Å². The van der Waals surface area contributed by atoms with E-state index in [1.165, 1.54) is 12.1 Å². The van der Waals surface area contributed by atoms with Crippen molar-refractivity contribution in [3.8, 4) is 0 Å². The predicted octanol–water partition coefficient (Wildman–Crippen LogP) is 1.18. The molecule has 1 amide bonds. The number of fused-ring (bicyclic) bond motifs is 1. The maximum atomic E-state index is 12.3. The molecule has 0 radical (unpaired) electrons. The van der Waals surface area contributed by atoms with E-state index in [9.17, 15) is 18.3 Å². The molecule has 0 saturated heterocycles. The fourth-order valence-electron chi connectivity index (χ4n) is 2.02. The van der Waals surface area contributed by atoms with Crippen molar-refractivity contribution in [3.05, 3.63) is 23.8 Å². The first kappa shape index (κ1) is 15.9. The van der Waals surface area contributed by atoms with Crippen LogP contribution in [-0.2, 0) is 14.8 Å². The number of nitrogens with one attached hydrogen (secondary N) is 2. The normalized spacial score (nSPS) is 20.8. The summed E-state index contributed by atoms with van der Waals surface area (Å²) in [6, 6.07) is 4.53. The highest BCUT2D eigenvalue weighted by Gasteiger charge is 2.29. The van der Waals surface area contributed by atoms with E-state index in [0.717, 1.165) is 0 Å². The average Bonchev–Trinajstić information content (AvgIpc) is 2.72. The molecule has 3 N–H and O–H groups in total. The lowest BCUT2D eigenvalue weighted by molar-refractivity contribution is -0.116. The van der Waals surface area contributed by atoms with Crippen LogP contribution in [0, 0.1) is 0 Å². The highest BCUT2D eigenvalue weighted by molar-refractivity contribution is 7.89. The maximum absolute atomic E-state index is 12.3. The first-order valence-electron chi connectivity index (χ1n) is 6.83. The Bertz CT molecular complexity index is 668. The van der Waals surface area contributed by atoms with Gasteiger partial charge in [-0.1, -0.05) is 6.92 Å². The molecule has 0 saturated carbocycles. The van der Waals surface area contributed by atoms with E-state index >= 15 is 0 Å². The lowest BCUT2D eigenvalue weighted by atomic mass is 10.0. The SMILES string of the molecule is CCC(C)(O)CNS(=O)(=O)c1ccc2c(c1)C(C)C(=O)N2. The lowest BCUT2D eigenvalue weighted by Gasteiger charge is -2.21. The van der Waals surface area contributed by atoms with Crippen LogP contribution in [0.2, 0.25) is 0 Å². The third-order valence-corrected chi connectivity index (χ3v) is 5.25. The van der Waals surface area contributed by atoms with Crippen LogP contribution in [0.3, 0.4) is 0 Å². The molecule has 0 aliphatic carbocycles. The number of carbonyl (C=O) groups is 1. The second kappa shape index (κ2) is 5.40. The van der Waals surface area contributed by atoms with Gasteiger partial charge in [-0.3, -0.25) is 4.79 Å². The van der Waals surface area contributed by atoms with Crippen LogP contribution in [0.5, 0.6) is 0 Å². The van der Waals surface area contributed by atoms with Gasteiger partial charge in [0.2, 0.25) is 15.9 Å². The van der Waals surface area contributed by atoms with Gasteiger partial charge < -0.3 is 10.4 Å². The van der Waals surface area contributed by atoms with Gasteiger partial charge in [-0.05, 0) is 44.0 Å². The van der Waals surface area contributed by atoms with Crippen molar-refractivity contribution in [1.82, 2.24) is 4.72 Å².